The lowest BCUT2D eigenvalue weighted by atomic mass is 9.79. The first-order chi connectivity index (χ1) is 12.9. The van der Waals surface area contributed by atoms with Crippen molar-refractivity contribution in [1.29, 1.82) is 0 Å². The molecule has 1 aromatic rings. The molecule has 0 aromatic heterocycles. The van der Waals surface area contributed by atoms with E-state index in [1.165, 1.54) is 14.2 Å². The minimum absolute atomic E-state index is 0.211. The molecule has 4 heteroatoms. The molecule has 0 aliphatic rings. The Morgan fingerprint density at radius 3 is 2.22 bits per heavy atom. The fourth-order valence-corrected chi connectivity index (χ4v) is 2.73. The summed E-state index contributed by atoms with van der Waals surface area (Å²) in [6.07, 6.45) is 12.1. The second-order valence-electron chi connectivity index (χ2n) is 6.58. The predicted molar refractivity (Wildman–Crippen MR) is 108 cm³/mol. The number of benzene rings is 1. The number of unbranched alkanes of at least 4 members (excludes halogenated alkanes) is 1. The van der Waals surface area contributed by atoms with Gasteiger partial charge >= 0.3 is 11.9 Å². The zero-order valence-corrected chi connectivity index (χ0v) is 16.5. The van der Waals surface area contributed by atoms with Crippen molar-refractivity contribution in [1.82, 2.24) is 0 Å². The number of carbonyl (C=O) groups excluding carboxylic acids is 2. The Morgan fingerprint density at radius 1 is 1.15 bits per heavy atom. The van der Waals surface area contributed by atoms with E-state index in [0.717, 1.165) is 11.1 Å². The molecule has 0 aliphatic carbocycles. The third-order valence-corrected chi connectivity index (χ3v) is 4.16. The number of esters is 2. The van der Waals surface area contributed by atoms with Crippen LogP contribution in [0.15, 0.2) is 48.6 Å². The summed E-state index contributed by atoms with van der Waals surface area (Å²) in [4.78, 5) is 25.4. The first-order valence-corrected chi connectivity index (χ1v) is 8.98. The maximum Gasteiger partial charge on any atom is 0.327 e. The molecular formula is C23H28O4. The maximum atomic E-state index is 12.7. The molecule has 4 nitrogen and oxygen atoms in total. The fraction of sp³-hybridized carbons (Fsp3) is 0.391. The maximum absolute atomic E-state index is 12.7. The summed E-state index contributed by atoms with van der Waals surface area (Å²) in [6.45, 7) is 4.11. The van der Waals surface area contributed by atoms with E-state index in [9.17, 15) is 9.59 Å². The topological polar surface area (TPSA) is 52.6 Å². The molecule has 0 bridgehead atoms. The van der Waals surface area contributed by atoms with Crippen LogP contribution in [-0.4, -0.2) is 26.2 Å². The van der Waals surface area contributed by atoms with Crippen LogP contribution in [0.1, 0.15) is 38.7 Å². The van der Waals surface area contributed by atoms with Gasteiger partial charge in [0.05, 0.1) is 14.2 Å². The number of hydrogen-bond acceptors (Lipinski definition) is 4. The number of ether oxygens (including phenoxy) is 2. The Balaban J connectivity index is 3.59. The highest BCUT2D eigenvalue weighted by atomic mass is 16.5. The van der Waals surface area contributed by atoms with Crippen molar-refractivity contribution in [2.45, 2.75) is 33.1 Å². The van der Waals surface area contributed by atoms with Gasteiger partial charge in [-0.3, -0.25) is 9.59 Å². The molecule has 0 aliphatic heterocycles. The number of methoxy groups -OCH3 is 2. The molecule has 0 spiro atoms. The molecular weight excluding hydrogens is 340 g/mol. The van der Waals surface area contributed by atoms with Gasteiger partial charge in [-0.05, 0) is 36.0 Å². The van der Waals surface area contributed by atoms with Crippen molar-refractivity contribution in [2.24, 2.45) is 11.3 Å². The van der Waals surface area contributed by atoms with E-state index in [1.807, 2.05) is 42.5 Å². The number of hydrogen-bond donors (Lipinski definition) is 0. The quantitative estimate of drug-likeness (QED) is 0.213. The van der Waals surface area contributed by atoms with Crippen molar-refractivity contribution in [2.75, 3.05) is 14.2 Å². The monoisotopic (exact) mass is 368 g/mol. The summed E-state index contributed by atoms with van der Waals surface area (Å²) < 4.78 is 9.94. The summed E-state index contributed by atoms with van der Waals surface area (Å²) in [5.74, 6) is 1.54. The summed E-state index contributed by atoms with van der Waals surface area (Å²) in [6, 6.07) is 9.58. The second-order valence-corrected chi connectivity index (χ2v) is 6.58. The molecule has 0 saturated carbocycles. The van der Waals surface area contributed by atoms with E-state index in [2.05, 4.69) is 19.8 Å². The molecule has 27 heavy (non-hydrogen) atoms. The lowest BCUT2D eigenvalue weighted by molar-refractivity contribution is -0.165. The zero-order chi connectivity index (χ0) is 20.3. The van der Waals surface area contributed by atoms with Crippen LogP contribution < -0.4 is 0 Å². The molecule has 0 atom stereocenters. The van der Waals surface area contributed by atoms with E-state index in [4.69, 9.17) is 15.9 Å². The van der Waals surface area contributed by atoms with Gasteiger partial charge in [0.25, 0.3) is 0 Å². The molecule has 0 fully saturated rings. The summed E-state index contributed by atoms with van der Waals surface area (Å²) in [7, 11) is 2.53. The van der Waals surface area contributed by atoms with Gasteiger partial charge in [-0.2, -0.15) is 0 Å². The Hall–Kier alpha value is -2.80. The van der Waals surface area contributed by atoms with E-state index in [0.29, 0.717) is 18.8 Å². The SMILES string of the molecule is C#CCCCC(/C=C(/C=C/C(C)C)c1ccccc1)(C(=O)OC)C(=O)OC. The molecule has 1 rings (SSSR count). The van der Waals surface area contributed by atoms with Crippen molar-refractivity contribution in [3.8, 4) is 12.3 Å². The van der Waals surface area contributed by atoms with Gasteiger partial charge in [0.1, 0.15) is 0 Å². The average Bonchev–Trinajstić information content (AvgIpc) is 2.69. The van der Waals surface area contributed by atoms with Crippen LogP contribution in [-0.2, 0) is 19.1 Å². The molecule has 0 unspecified atom stereocenters. The van der Waals surface area contributed by atoms with Crippen LogP contribution in [0.4, 0.5) is 0 Å². The van der Waals surface area contributed by atoms with Crippen LogP contribution in [0.5, 0.6) is 0 Å². The smallest absolute Gasteiger partial charge is 0.327 e. The Kier molecular flexibility index (Phi) is 9.08. The molecule has 0 N–H and O–H groups in total. The third kappa shape index (κ3) is 6.14. The van der Waals surface area contributed by atoms with E-state index < -0.39 is 17.4 Å². The van der Waals surface area contributed by atoms with Crippen LogP contribution in [0, 0.1) is 23.7 Å². The van der Waals surface area contributed by atoms with Crippen LogP contribution in [0.3, 0.4) is 0 Å². The van der Waals surface area contributed by atoms with E-state index >= 15 is 0 Å². The normalized spacial score (nSPS) is 12.1. The number of allylic oxidation sites excluding steroid dienone is 3. The fourth-order valence-electron chi connectivity index (χ4n) is 2.73. The summed E-state index contributed by atoms with van der Waals surface area (Å²) in [5.41, 5.74) is 0.0941. The van der Waals surface area contributed by atoms with Crippen LogP contribution >= 0.6 is 0 Å². The Bertz CT molecular complexity index is 704. The molecule has 0 heterocycles. The molecule has 0 saturated heterocycles. The zero-order valence-electron chi connectivity index (χ0n) is 16.5. The largest absolute Gasteiger partial charge is 0.468 e. The number of terminal acetylenes is 1. The lowest BCUT2D eigenvalue weighted by Crippen LogP contribution is -2.40. The van der Waals surface area contributed by atoms with Crippen LogP contribution in [0.2, 0.25) is 0 Å². The van der Waals surface area contributed by atoms with Gasteiger partial charge in [-0.25, -0.2) is 0 Å². The third-order valence-electron chi connectivity index (χ3n) is 4.16. The first kappa shape index (κ1) is 22.2. The van der Waals surface area contributed by atoms with Crippen molar-refractivity contribution >= 4 is 17.5 Å². The lowest BCUT2D eigenvalue weighted by Gasteiger charge is -2.26. The molecule has 0 radical (unpaired) electrons. The van der Waals surface area contributed by atoms with Crippen molar-refractivity contribution in [3.63, 3.8) is 0 Å². The highest BCUT2D eigenvalue weighted by Crippen LogP contribution is 2.34. The van der Waals surface area contributed by atoms with Gasteiger partial charge in [-0.15, -0.1) is 12.3 Å². The van der Waals surface area contributed by atoms with Gasteiger partial charge in [0, 0.05) is 6.42 Å². The minimum Gasteiger partial charge on any atom is -0.468 e. The van der Waals surface area contributed by atoms with Gasteiger partial charge in [0.15, 0.2) is 5.41 Å². The summed E-state index contributed by atoms with van der Waals surface area (Å²) in [5, 5.41) is 0. The molecule has 0 amide bonds. The second kappa shape index (κ2) is 11.0. The first-order valence-electron chi connectivity index (χ1n) is 8.98. The van der Waals surface area contributed by atoms with E-state index in [-0.39, 0.29) is 6.42 Å². The van der Waals surface area contributed by atoms with Gasteiger partial charge in [0.2, 0.25) is 0 Å². The minimum atomic E-state index is -1.55. The molecule has 144 valence electrons. The molecule has 1 aromatic carbocycles. The van der Waals surface area contributed by atoms with Crippen molar-refractivity contribution in [3.05, 3.63) is 54.1 Å². The number of rotatable bonds is 9. The number of carbonyl (C=O) groups is 2. The van der Waals surface area contributed by atoms with Gasteiger partial charge in [-0.1, -0.05) is 56.3 Å². The van der Waals surface area contributed by atoms with Gasteiger partial charge < -0.3 is 9.47 Å². The standard InChI is InChI=1S/C23H28O4/c1-6-7-11-16-23(21(24)26-4,22(25)27-5)17-20(15-14-18(2)3)19-12-9-8-10-13-19/h1,8-10,12-15,17-18H,7,11,16H2,2-5H3/b15-14+,20-17-. The van der Waals surface area contributed by atoms with E-state index in [1.54, 1.807) is 6.08 Å². The Labute approximate surface area is 162 Å². The average molecular weight is 368 g/mol. The summed E-state index contributed by atoms with van der Waals surface area (Å²) >= 11 is 0. The predicted octanol–water partition coefficient (Wildman–Crippen LogP) is 4.42. The highest BCUT2D eigenvalue weighted by molar-refractivity contribution is 6.04. The van der Waals surface area contributed by atoms with Crippen molar-refractivity contribution < 1.29 is 19.1 Å². The highest BCUT2D eigenvalue weighted by Gasteiger charge is 2.46. The Morgan fingerprint density at radius 2 is 1.74 bits per heavy atom. The van der Waals surface area contributed by atoms with Crippen LogP contribution in [0.25, 0.3) is 5.57 Å².